The highest BCUT2D eigenvalue weighted by Gasteiger charge is 2.21. The van der Waals surface area contributed by atoms with Gasteiger partial charge in [-0.1, -0.05) is 12.1 Å². The van der Waals surface area contributed by atoms with E-state index in [2.05, 4.69) is 12.2 Å². The van der Waals surface area contributed by atoms with E-state index >= 15 is 0 Å². The highest BCUT2D eigenvalue weighted by atomic mass is 32.2. The lowest BCUT2D eigenvalue weighted by molar-refractivity contribution is 0.528. The molecule has 1 fully saturated rings. The molecule has 1 saturated heterocycles. The van der Waals surface area contributed by atoms with E-state index < -0.39 is 0 Å². The van der Waals surface area contributed by atoms with Crippen LogP contribution in [0.3, 0.4) is 0 Å². The Kier molecular flexibility index (Phi) is 3.65. The van der Waals surface area contributed by atoms with Crippen molar-refractivity contribution < 1.29 is 4.39 Å². The van der Waals surface area contributed by atoms with Crippen molar-refractivity contribution in [2.75, 3.05) is 12.3 Å². The molecule has 0 radical (unpaired) electrons. The van der Waals surface area contributed by atoms with Gasteiger partial charge in [-0.25, -0.2) is 4.39 Å². The summed E-state index contributed by atoms with van der Waals surface area (Å²) in [6, 6.07) is 7.45. The molecule has 2 unspecified atom stereocenters. The van der Waals surface area contributed by atoms with Gasteiger partial charge in [-0.05, 0) is 31.0 Å². The zero-order valence-electron chi connectivity index (χ0n) is 8.87. The van der Waals surface area contributed by atoms with Crippen LogP contribution in [-0.4, -0.2) is 23.6 Å². The second-order valence-corrected chi connectivity index (χ2v) is 5.33. The van der Waals surface area contributed by atoms with Gasteiger partial charge < -0.3 is 5.32 Å². The average molecular weight is 225 g/mol. The molecule has 1 nitrogen and oxygen atoms in total. The second kappa shape index (κ2) is 4.99. The molecule has 1 heterocycles. The second-order valence-electron chi connectivity index (χ2n) is 3.99. The fourth-order valence-corrected chi connectivity index (χ4v) is 3.14. The van der Waals surface area contributed by atoms with Crippen LogP contribution in [0.25, 0.3) is 0 Å². The first-order chi connectivity index (χ1) is 7.25. The summed E-state index contributed by atoms with van der Waals surface area (Å²) >= 11 is 1.99. The summed E-state index contributed by atoms with van der Waals surface area (Å²) in [6.45, 7) is 3.29. The molecule has 0 bridgehead atoms. The minimum absolute atomic E-state index is 0.131. The molecule has 0 amide bonds. The average Bonchev–Trinajstić information content (AvgIpc) is 2.22. The van der Waals surface area contributed by atoms with E-state index in [9.17, 15) is 4.39 Å². The Labute approximate surface area is 94.5 Å². The fourth-order valence-electron chi connectivity index (χ4n) is 1.90. The third kappa shape index (κ3) is 2.95. The molecule has 0 spiro atoms. The van der Waals surface area contributed by atoms with Crippen molar-refractivity contribution in [1.29, 1.82) is 0 Å². The largest absolute Gasteiger partial charge is 0.312 e. The van der Waals surface area contributed by atoms with Crippen LogP contribution in [0.4, 0.5) is 4.39 Å². The molecule has 82 valence electrons. The Balaban J connectivity index is 2.01. The SMILES string of the molecule is CC1NCCSC1Cc1cccc(F)c1. The van der Waals surface area contributed by atoms with Gasteiger partial charge in [0.15, 0.2) is 0 Å². The molecule has 2 rings (SSSR count). The van der Waals surface area contributed by atoms with Crippen LogP contribution < -0.4 is 5.32 Å². The molecular weight excluding hydrogens is 209 g/mol. The van der Waals surface area contributed by atoms with Gasteiger partial charge in [-0.3, -0.25) is 0 Å². The van der Waals surface area contributed by atoms with E-state index in [4.69, 9.17) is 0 Å². The Hall–Kier alpha value is -0.540. The smallest absolute Gasteiger partial charge is 0.123 e. The van der Waals surface area contributed by atoms with Crippen LogP contribution >= 0.6 is 11.8 Å². The fraction of sp³-hybridized carbons (Fsp3) is 0.500. The van der Waals surface area contributed by atoms with Crippen LogP contribution in [0.5, 0.6) is 0 Å². The number of thioether (sulfide) groups is 1. The summed E-state index contributed by atoms with van der Waals surface area (Å²) in [5.41, 5.74) is 1.10. The summed E-state index contributed by atoms with van der Waals surface area (Å²) in [5, 5.41) is 4.02. The molecule has 0 saturated carbocycles. The molecule has 15 heavy (non-hydrogen) atoms. The van der Waals surface area contributed by atoms with E-state index in [1.807, 2.05) is 17.8 Å². The normalized spacial score (nSPS) is 26.5. The van der Waals surface area contributed by atoms with Crippen LogP contribution in [0, 0.1) is 5.82 Å². The number of hydrogen-bond acceptors (Lipinski definition) is 2. The van der Waals surface area contributed by atoms with Crippen molar-refractivity contribution in [1.82, 2.24) is 5.32 Å². The minimum Gasteiger partial charge on any atom is -0.312 e. The van der Waals surface area contributed by atoms with Gasteiger partial charge in [-0.15, -0.1) is 0 Å². The third-order valence-corrected chi connectivity index (χ3v) is 4.23. The quantitative estimate of drug-likeness (QED) is 0.830. The highest BCUT2D eigenvalue weighted by molar-refractivity contribution is 8.00. The summed E-state index contributed by atoms with van der Waals surface area (Å²) in [7, 11) is 0. The van der Waals surface area contributed by atoms with Gasteiger partial charge in [0, 0.05) is 23.6 Å². The van der Waals surface area contributed by atoms with Crippen molar-refractivity contribution in [3.63, 3.8) is 0 Å². The molecule has 3 heteroatoms. The lowest BCUT2D eigenvalue weighted by atomic mass is 10.1. The van der Waals surface area contributed by atoms with Crippen molar-refractivity contribution in [3.05, 3.63) is 35.6 Å². The molecule has 1 aromatic carbocycles. The number of halogens is 1. The van der Waals surface area contributed by atoms with E-state index in [1.54, 1.807) is 12.1 Å². The van der Waals surface area contributed by atoms with Gasteiger partial charge in [0.25, 0.3) is 0 Å². The van der Waals surface area contributed by atoms with Crippen LogP contribution in [0.1, 0.15) is 12.5 Å². The Morgan fingerprint density at radius 3 is 3.13 bits per heavy atom. The van der Waals surface area contributed by atoms with Gasteiger partial charge in [0.05, 0.1) is 0 Å². The van der Waals surface area contributed by atoms with Gasteiger partial charge in [0.2, 0.25) is 0 Å². The molecule has 1 aliphatic heterocycles. The maximum Gasteiger partial charge on any atom is 0.123 e. The monoisotopic (exact) mass is 225 g/mol. The number of rotatable bonds is 2. The third-order valence-electron chi connectivity index (χ3n) is 2.78. The zero-order chi connectivity index (χ0) is 10.7. The van der Waals surface area contributed by atoms with Crippen molar-refractivity contribution in [3.8, 4) is 0 Å². The summed E-state index contributed by atoms with van der Waals surface area (Å²) in [5.74, 6) is 1.03. The van der Waals surface area contributed by atoms with E-state index in [1.165, 1.54) is 6.07 Å². The standard InChI is InChI=1S/C12H16FNS/c1-9-12(15-6-5-14-9)8-10-3-2-4-11(13)7-10/h2-4,7,9,12,14H,5-6,8H2,1H3. The predicted octanol–water partition coefficient (Wildman–Crippen LogP) is 2.46. The zero-order valence-corrected chi connectivity index (χ0v) is 9.69. The number of hydrogen-bond donors (Lipinski definition) is 1. The summed E-state index contributed by atoms with van der Waals surface area (Å²) in [6.07, 6.45) is 0.955. The molecule has 1 aromatic rings. The maximum atomic E-state index is 13.0. The lowest BCUT2D eigenvalue weighted by Crippen LogP contribution is -2.42. The molecule has 0 aromatic heterocycles. The molecule has 2 atom stereocenters. The number of benzene rings is 1. The van der Waals surface area contributed by atoms with Gasteiger partial charge >= 0.3 is 0 Å². The maximum absolute atomic E-state index is 13.0. The van der Waals surface area contributed by atoms with Crippen LogP contribution in [-0.2, 0) is 6.42 Å². The van der Waals surface area contributed by atoms with Gasteiger partial charge in [0.1, 0.15) is 5.82 Å². The minimum atomic E-state index is -0.131. The first-order valence-electron chi connectivity index (χ1n) is 5.35. The molecule has 1 N–H and O–H groups in total. The van der Waals surface area contributed by atoms with Crippen LogP contribution in [0.2, 0.25) is 0 Å². The molecular formula is C12H16FNS. The Morgan fingerprint density at radius 2 is 2.40 bits per heavy atom. The van der Waals surface area contributed by atoms with Gasteiger partial charge in [-0.2, -0.15) is 11.8 Å². The lowest BCUT2D eigenvalue weighted by Gasteiger charge is -2.29. The van der Waals surface area contributed by atoms with E-state index in [0.29, 0.717) is 11.3 Å². The van der Waals surface area contributed by atoms with E-state index in [0.717, 1.165) is 24.3 Å². The Morgan fingerprint density at radius 1 is 1.53 bits per heavy atom. The number of nitrogens with one attached hydrogen (secondary N) is 1. The molecule has 0 aliphatic carbocycles. The topological polar surface area (TPSA) is 12.0 Å². The van der Waals surface area contributed by atoms with Crippen molar-refractivity contribution >= 4 is 11.8 Å². The summed E-state index contributed by atoms with van der Waals surface area (Å²) in [4.78, 5) is 0. The first kappa shape index (κ1) is 11.0. The highest BCUT2D eigenvalue weighted by Crippen LogP contribution is 2.22. The van der Waals surface area contributed by atoms with Crippen molar-refractivity contribution in [2.45, 2.75) is 24.6 Å². The predicted molar refractivity (Wildman–Crippen MR) is 63.8 cm³/mol. The van der Waals surface area contributed by atoms with Crippen LogP contribution in [0.15, 0.2) is 24.3 Å². The van der Waals surface area contributed by atoms with Crippen molar-refractivity contribution in [2.24, 2.45) is 0 Å². The Bertz CT molecular complexity index is 329. The summed E-state index contributed by atoms with van der Waals surface area (Å²) < 4.78 is 13.0. The first-order valence-corrected chi connectivity index (χ1v) is 6.40. The van der Waals surface area contributed by atoms with E-state index in [-0.39, 0.29) is 5.82 Å². The molecule has 1 aliphatic rings.